The predicted octanol–water partition coefficient (Wildman–Crippen LogP) is 14.4. The summed E-state index contributed by atoms with van der Waals surface area (Å²) in [5.74, 6) is 1.05. The van der Waals surface area contributed by atoms with Crippen LogP contribution < -0.4 is 5.19 Å². The smallest absolute Gasteiger partial charge is 0.121 e. The van der Waals surface area contributed by atoms with Gasteiger partial charge in [-0.25, -0.2) is 0 Å². The van der Waals surface area contributed by atoms with E-state index in [0.717, 1.165) is 56.0 Å². The number of aromatic nitrogens is 3. The van der Waals surface area contributed by atoms with E-state index in [0.29, 0.717) is 11.8 Å². The summed E-state index contributed by atoms with van der Waals surface area (Å²) < 4.78 is 6.36. The number of rotatable bonds is 7. The molecule has 0 bridgehead atoms. The van der Waals surface area contributed by atoms with E-state index in [-0.39, 0.29) is 20.1 Å². The van der Waals surface area contributed by atoms with E-state index >= 15 is 0 Å². The van der Waals surface area contributed by atoms with Crippen molar-refractivity contribution in [2.45, 2.75) is 98.2 Å². The summed E-state index contributed by atoms with van der Waals surface area (Å²) >= 11 is 0. The van der Waals surface area contributed by atoms with Crippen LogP contribution in [-0.2, 0) is 20.1 Å². The number of hydrogen-bond acceptors (Lipinski definition) is 4. The van der Waals surface area contributed by atoms with Gasteiger partial charge >= 0.3 is 0 Å². The van der Waals surface area contributed by atoms with Gasteiger partial charge in [0.25, 0.3) is 0 Å². The zero-order valence-electron chi connectivity index (χ0n) is 36.2. The van der Waals surface area contributed by atoms with Gasteiger partial charge in [0.05, 0.1) is 13.7 Å². The summed E-state index contributed by atoms with van der Waals surface area (Å²) in [7, 11) is -1.34. The molecule has 60 heavy (non-hydrogen) atoms. The number of nitrogens with zero attached hydrogens (tertiary/aromatic N) is 3. The maximum Gasteiger partial charge on any atom is 0.121 e. The average molecular weight is 982 g/mol. The van der Waals surface area contributed by atoms with Crippen LogP contribution in [-0.4, -0.2) is 23.0 Å². The van der Waals surface area contributed by atoms with Gasteiger partial charge in [0.1, 0.15) is 5.58 Å². The van der Waals surface area contributed by atoms with E-state index in [2.05, 4.69) is 155 Å². The first-order valence-electron chi connectivity index (χ1n) is 21.3. The van der Waals surface area contributed by atoms with Crippen LogP contribution in [0.15, 0.2) is 120 Å². The topological polar surface area (TPSA) is 51.8 Å². The number of fused-ring (bicyclic) bond motifs is 3. The third-order valence-corrected chi connectivity index (χ3v) is 14.0. The Morgan fingerprint density at radius 3 is 2.03 bits per heavy atom. The molecule has 8 aromatic rings. The van der Waals surface area contributed by atoms with E-state index in [9.17, 15) is 0 Å². The molecule has 1 fully saturated rings. The predicted molar refractivity (Wildman–Crippen MR) is 250 cm³/mol. The van der Waals surface area contributed by atoms with E-state index in [1.165, 1.54) is 76.1 Å². The van der Waals surface area contributed by atoms with Crippen molar-refractivity contribution in [3.8, 4) is 44.8 Å². The van der Waals surface area contributed by atoms with Gasteiger partial charge in [-0.1, -0.05) is 129 Å². The minimum absolute atomic E-state index is 0. The summed E-state index contributed by atoms with van der Waals surface area (Å²) in [4.78, 5) is 13.9. The molecule has 6 heteroatoms. The minimum Gasteiger partial charge on any atom is -0.500 e. The molecule has 9 rings (SSSR count). The largest absolute Gasteiger partial charge is 0.500 e. The molecule has 0 spiro atoms. The Bertz CT molecular complexity index is 2720. The summed E-state index contributed by atoms with van der Waals surface area (Å²) in [6.45, 7) is 17.8. The Morgan fingerprint density at radius 1 is 0.667 bits per heavy atom. The number of hydrogen-bond donors (Lipinski definition) is 0. The molecule has 4 nitrogen and oxygen atoms in total. The van der Waals surface area contributed by atoms with E-state index in [4.69, 9.17) is 14.4 Å². The van der Waals surface area contributed by atoms with Crippen LogP contribution in [0.4, 0.5) is 0 Å². The second-order valence-corrected chi connectivity index (χ2v) is 22.8. The SMILES string of the molecule is CC(C)c1cc(-c2ccccc2)cc2oc3c[c-]c(-c4cc(C5CCCCC5)ccn4)cc3c12.Cc1cc(-c2c[c-]c(-c3cc(C)c([Si](C)(C)C)cn3)cc2)cc(C)n1.[Ir]. The molecule has 0 N–H and O–H groups in total. The molecule has 1 radical (unpaired) electrons. The molecule has 0 saturated heterocycles. The number of benzene rings is 4. The van der Waals surface area contributed by atoms with Crippen LogP contribution in [0, 0.1) is 32.9 Å². The molecule has 0 amide bonds. The van der Waals surface area contributed by atoms with Crippen LogP contribution in [0.5, 0.6) is 0 Å². The average Bonchev–Trinajstić information content (AvgIpc) is 3.61. The number of aryl methyl sites for hydroxylation is 3. The summed E-state index contributed by atoms with van der Waals surface area (Å²) in [5.41, 5.74) is 16.8. The molecule has 0 unspecified atom stereocenters. The quantitative estimate of drug-likeness (QED) is 0.118. The van der Waals surface area contributed by atoms with E-state index < -0.39 is 8.07 Å². The van der Waals surface area contributed by atoms with E-state index in [1.54, 1.807) is 0 Å². The Kier molecular flexibility index (Phi) is 13.2. The maximum absolute atomic E-state index is 6.36. The summed E-state index contributed by atoms with van der Waals surface area (Å²) in [6, 6.07) is 43.3. The monoisotopic (exact) mass is 982 g/mol. The van der Waals surface area contributed by atoms with Gasteiger partial charge in [0.15, 0.2) is 0 Å². The molecule has 1 aliphatic carbocycles. The fraction of sp³-hybridized carbons (Fsp3) is 0.278. The number of pyridine rings is 3. The molecule has 307 valence electrons. The summed E-state index contributed by atoms with van der Waals surface area (Å²) in [5, 5.41) is 3.79. The van der Waals surface area contributed by atoms with Crippen molar-refractivity contribution >= 4 is 35.2 Å². The van der Waals surface area contributed by atoms with Crippen molar-refractivity contribution in [3.05, 3.63) is 156 Å². The van der Waals surface area contributed by atoms with Gasteiger partial charge in [0, 0.05) is 49.3 Å². The normalized spacial score (nSPS) is 13.3. The molecular weight excluding hydrogens is 927 g/mol. The molecule has 4 heterocycles. The van der Waals surface area contributed by atoms with Gasteiger partial charge in [-0.2, -0.15) is 0 Å². The van der Waals surface area contributed by atoms with Crippen molar-refractivity contribution < 1.29 is 24.5 Å². The zero-order valence-corrected chi connectivity index (χ0v) is 39.6. The standard InChI is InChI=1S/C32H30NO.C22H25N2Si.Ir/c1-21(2)27-18-26(23-11-7-4-8-12-23)20-31-32(27)28-17-25(13-14-30(28)34-31)29-19-24(15-16-33-29)22-9-5-3-6-10-22;1-15-11-21(23-14-22(15)25(4,5)6)19-9-7-18(8-10-19)20-12-16(2)24-17(3)13-20;/h4,7-8,11-12,14-22H,3,5-6,9-10H2,1-2H3;7-9,11-14H,1-6H3;/q2*-1;. The fourth-order valence-corrected chi connectivity index (χ4v) is 10.5. The maximum atomic E-state index is 6.36. The van der Waals surface area contributed by atoms with Crippen molar-refractivity contribution in [1.82, 2.24) is 15.0 Å². The van der Waals surface area contributed by atoms with Crippen molar-refractivity contribution in [2.24, 2.45) is 0 Å². The second kappa shape index (κ2) is 18.3. The fourth-order valence-electron chi connectivity index (χ4n) is 8.82. The van der Waals surface area contributed by atoms with Crippen LogP contribution in [0.25, 0.3) is 66.7 Å². The first-order chi connectivity index (χ1) is 28.4. The van der Waals surface area contributed by atoms with Gasteiger partial charge < -0.3 is 14.4 Å². The van der Waals surface area contributed by atoms with Gasteiger partial charge in [-0.3, -0.25) is 4.98 Å². The third-order valence-electron chi connectivity index (χ3n) is 11.8. The Morgan fingerprint density at radius 2 is 1.37 bits per heavy atom. The Hall–Kier alpha value is -5.00. The van der Waals surface area contributed by atoms with Crippen molar-refractivity contribution in [2.75, 3.05) is 0 Å². The Labute approximate surface area is 371 Å². The molecule has 1 aliphatic rings. The Balaban J connectivity index is 0.000000187. The molecule has 4 aromatic heterocycles. The number of furan rings is 1. The second-order valence-electron chi connectivity index (χ2n) is 17.8. The zero-order chi connectivity index (χ0) is 41.3. The first kappa shape index (κ1) is 43.1. The molecule has 0 atom stereocenters. The van der Waals surface area contributed by atoms with Crippen molar-refractivity contribution in [3.63, 3.8) is 0 Å². The van der Waals surface area contributed by atoms with Gasteiger partial charge in [-0.15, -0.1) is 53.6 Å². The van der Waals surface area contributed by atoms with Crippen LogP contribution in [0.3, 0.4) is 0 Å². The molecule has 0 aliphatic heterocycles. The van der Waals surface area contributed by atoms with Gasteiger partial charge in [0.2, 0.25) is 0 Å². The summed E-state index contributed by atoms with van der Waals surface area (Å²) in [6.07, 6.45) is 10.7. The third kappa shape index (κ3) is 9.47. The van der Waals surface area contributed by atoms with Gasteiger partial charge in [-0.05, 0) is 103 Å². The molecule has 1 saturated carbocycles. The van der Waals surface area contributed by atoms with Crippen LogP contribution >= 0.6 is 0 Å². The van der Waals surface area contributed by atoms with E-state index in [1.807, 2.05) is 32.2 Å². The first-order valence-corrected chi connectivity index (χ1v) is 24.8. The minimum atomic E-state index is -1.34. The molecular formula is C54H55IrN3OSi-2. The van der Waals surface area contributed by atoms with Crippen LogP contribution in [0.1, 0.15) is 85.9 Å². The van der Waals surface area contributed by atoms with Crippen molar-refractivity contribution in [1.29, 1.82) is 0 Å². The molecule has 4 aromatic carbocycles. The van der Waals surface area contributed by atoms with Crippen LogP contribution in [0.2, 0.25) is 19.6 Å².